The Balaban J connectivity index is 2.50. The van der Waals surface area contributed by atoms with Crippen LogP contribution in [0.25, 0.3) is 12.2 Å². The Hall–Kier alpha value is -2.56. The Bertz CT molecular complexity index is 722. The van der Waals surface area contributed by atoms with Crippen LogP contribution >= 0.6 is 0 Å². The van der Waals surface area contributed by atoms with E-state index in [0.717, 1.165) is 22.3 Å². The highest BCUT2D eigenvalue weighted by molar-refractivity contribution is 5.61. The van der Waals surface area contributed by atoms with Gasteiger partial charge in [0.1, 0.15) is 16.9 Å². The summed E-state index contributed by atoms with van der Waals surface area (Å²) in [7, 11) is 0. The molecule has 0 bridgehead atoms. The summed E-state index contributed by atoms with van der Waals surface area (Å²) in [5, 5.41) is 40.9. The predicted molar refractivity (Wildman–Crippen MR) is 100 cm³/mol. The molecule has 0 saturated carbocycles. The number of aryl methyl sites for hydroxylation is 2. The lowest BCUT2D eigenvalue weighted by molar-refractivity contribution is 0.0487. The molecule has 0 radical (unpaired) electrons. The molecular weight excluding hydrogens is 316 g/mol. The number of hydrogen-bond acceptors (Lipinski definition) is 4. The van der Waals surface area contributed by atoms with Crippen molar-refractivity contribution in [2.75, 3.05) is 13.2 Å². The van der Waals surface area contributed by atoms with Gasteiger partial charge < -0.3 is 20.4 Å². The predicted octanol–water partition coefficient (Wildman–Crippen LogP) is 3.77. The van der Waals surface area contributed by atoms with Gasteiger partial charge in [-0.1, -0.05) is 48.5 Å². The van der Waals surface area contributed by atoms with Crippen LogP contribution in [0.1, 0.15) is 22.3 Å². The van der Waals surface area contributed by atoms with E-state index < -0.39 is 18.6 Å². The van der Waals surface area contributed by atoms with E-state index in [-0.39, 0.29) is 11.5 Å². The van der Waals surface area contributed by atoms with Crippen molar-refractivity contribution in [2.24, 2.45) is 5.41 Å². The number of benzene rings is 2. The molecule has 0 fully saturated rings. The first-order chi connectivity index (χ1) is 11.9. The molecule has 0 saturated heterocycles. The summed E-state index contributed by atoms with van der Waals surface area (Å²) < 4.78 is 0. The van der Waals surface area contributed by atoms with Gasteiger partial charge in [0, 0.05) is 0 Å². The molecule has 4 N–H and O–H groups in total. The maximum atomic E-state index is 10.6. The lowest BCUT2D eigenvalue weighted by atomic mass is 9.83. The van der Waals surface area contributed by atoms with Crippen molar-refractivity contribution in [3.05, 3.63) is 82.3 Å². The molecule has 0 aliphatic carbocycles. The van der Waals surface area contributed by atoms with Gasteiger partial charge in [0.15, 0.2) is 0 Å². The van der Waals surface area contributed by atoms with E-state index in [0.29, 0.717) is 0 Å². The van der Waals surface area contributed by atoms with Crippen molar-refractivity contribution in [2.45, 2.75) is 13.8 Å². The zero-order valence-corrected chi connectivity index (χ0v) is 14.5. The molecule has 2 aromatic carbocycles. The number of aliphatic hydroxyl groups excluding tert-OH is 4. The van der Waals surface area contributed by atoms with Crippen molar-refractivity contribution < 1.29 is 20.4 Å². The highest BCUT2D eigenvalue weighted by Gasteiger charge is 2.38. The van der Waals surface area contributed by atoms with E-state index in [1.54, 1.807) is 0 Å². The molecule has 0 spiro atoms. The first kappa shape index (κ1) is 18.8. The Morgan fingerprint density at radius 2 is 1.12 bits per heavy atom. The second-order valence-electron chi connectivity index (χ2n) is 6.17. The monoisotopic (exact) mass is 340 g/mol. The van der Waals surface area contributed by atoms with Crippen LogP contribution in [0, 0.1) is 19.3 Å². The van der Waals surface area contributed by atoms with Gasteiger partial charge in [0.25, 0.3) is 0 Å². The zero-order chi connectivity index (χ0) is 18.4. The van der Waals surface area contributed by atoms with Gasteiger partial charge in [0.05, 0.1) is 13.2 Å². The Labute approximate surface area is 148 Å². The van der Waals surface area contributed by atoms with Crippen LogP contribution in [-0.2, 0) is 0 Å². The molecule has 132 valence electrons. The summed E-state index contributed by atoms with van der Waals surface area (Å²) in [6.45, 7) is 2.52. The standard InChI is InChI=1S/C21H24O4/c1-15-7-3-5-9-17(15)11-19(24)21(13-22,14-23)20(25)12-18-10-6-4-8-16(18)2/h3-12,22-25H,13-14H2,1-2H3. The number of hydrogen-bond donors (Lipinski definition) is 4. The second-order valence-corrected chi connectivity index (χ2v) is 6.17. The first-order valence-corrected chi connectivity index (χ1v) is 8.10. The molecule has 0 aromatic heterocycles. The van der Waals surface area contributed by atoms with Gasteiger partial charge in [-0.25, -0.2) is 0 Å². The topological polar surface area (TPSA) is 80.9 Å². The quantitative estimate of drug-likeness (QED) is 0.603. The molecule has 25 heavy (non-hydrogen) atoms. The van der Waals surface area contributed by atoms with E-state index >= 15 is 0 Å². The van der Waals surface area contributed by atoms with Crippen LogP contribution in [0.2, 0.25) is 0 Å². The highest BCUT2D eigenvalue weighted by atomic mass is 16.3. The van der Waals surface area contributed by atoms with Crippen molar-refractivity contribution >= 4 is 12.2 Å². The lowest BCUT2D eigenvalue weighted by Gasteiger charge is -2.29. The molecule has 2 aromatic rings. The maximum Gasteiger partial charge on any atom is 0.130 e. The Morgan fingerprint density at radius 3 is 1.44 bits per heavy atom. The van der Waals surface area contributed by atoms with E-state index in [1.165, 1.54) is 12.2 Å². The van der Waals surface area contributed by atoms with Gasteiger partial charge in [-0.15, -0.1) is 0 Å². The molecule has 0 aliphatic rings. The van der Waals surface area contributed by atoms with Crippen LogP contribution in [0.15, 0.2) is 60.0 Å². The van der Waals surface area contributed by atoms with Crippen LogP contribution in [0.5, 0.6) is 0 Å². The average molecular weight is 340 g/mol. The summed E-state index contributed by atoms with van der Waals surface area (Å²) in [6.07, 6.45) is 2.92. The van der Waals surface area contributed by atoms with Gasteiger partial charge in [-0.3, -0.25) is 0 Å². The minimum atomic E-state index is -1.66. The summed E-state index contributed by atoms with van der Waals surface area (Å²) in [6, 6.07) is 14.8. The summed E-state index contributed by atoms with van der Waals surface area (Å²) >= 11 is 0. The molecule has 2 rings (SSSR count). The van der Waals surface area contributed by atoms with Crippen LogP contribution < -0.4 is 0 Å². The third kappa shape index (κ3) is 3.92. The molecule has 0 atom stereocenters. The maximum absolute atomic E-state index is 10.6. The van der Waals surface area contributed by atoms with Crippen molar-refractivity contribution in [1.29, 1.82) is 0 Å². The first-order valence-electron chi connectivity index (χ1n) is 8.10. The number of aliphatic hydroxyl groups is 4. The fourth-order valence-corrected chi connectivity index (χ4v) is 2.57. The fourth-order valence-electron chi connectivity index (χ4n) is 2.57. The molecule has 0 aliphatic heterocycles. The molecule has 0 amide bonds. The zero-order valence-electron chi connectivity index (χ0n) is 14.5. The lowest BCUT2D eigenvalue weighted by Crippen LogP contribution is -2.34. The molecule has 4 nitrogen and oxygen atoms in total. The summed E-state index contributed by atoms with van der Waals surface area (Å²) in [5.41, 5.74) is 1.69. The molecule has 4 heteroatoms. The second kappa shape index (κ2) is 8.01. The Morgan fingerprint density at radius 1 is 0.760 bits per heavy atom. The third-order valence-electron chi connectivity index (χ3n) is 4.48. The van der Waals surface area contributed by atoms with E-state index in [1.807, 2.05) is 62.4 Å². The largest absolute Gasteiger partial charge is 0.511 e. The van der Waals surface area contributed by atoms with E-state index in [4.69, 9.17) is 0 Å². The Kier molecular flexibility index (Phi) is 6.02. The molecule has 0 heterocycles. The van der Waals surface area contributed by atoms with Gasteiger partial charge in [-0.05, 0) is 48.3 Å². The van der Waals surface area contributed by atoms with Crippen LogP contribution in [0.3, 0.4) is 0 Å². The van der Waals surface area contributed by atoms with Crippen molar-refractivity contribution in [3.63, 3.8) is 0 Å². The average Bonchev–Trinajstić information content (AvgIpc) is 2.60. The smallest absolute Gasteiger partial charge is 0.130 e. The molecule has 0 unspecified atom stereocenters. The van der Waals surface area contributed by atoms with Gasteiger partial charge >= 0.3 is 0 Å². The van der Waals surface area contributed by atoms with Crippen molar-refractivity contribution in [3.8, 4) is 0 Å². The third-order valence-corrected chi connectivity index (χ3v) is 4.48. The SMILES string of the molecule is Cc1ccccc1C=C(O)C(CO)(CO)C(O)=Cc1ccccc1C. The summed E-state index contributed by atoms with van der Waals surface area (Å²) in [4.78, 5) is 0. The van der Waals surface area contributed by atoms with Gasteiger partial charge in [-0.2, -0.15) is 0 Å². The van der Waals surface area contributed by atoms with Crippen LogP contribution in [-0.4, -0.2) is 33.6 Å². The normalized spacial score (nSPS) is 13.1. The highest BCUT2D eigenvalue weighted by Crippen LogP contribution is 2.35. The van der Waals surface area contributed by atoms with E-state index in [9.17, 15) is 20.4 Å². The van der Waals surface area contributed by atoms with Crippen molar-refractivity contribution in [1.82, 2.24) is 0 Å². The minimum absolute atomic E-state index is 0.297. The molecular formula is C21H24O4. The van der Waals surface area contributed by atoms with E-state index in [2.05, 4.69) is 0 Å². The summed E-state index contributed by atoms with van der Waals surface area (Å²) in [5.74, 6) is -0.594. The van der Waals surface area contributed by atoms with Gasteiger partial charge in [0.2, 0.25) is 0 Å². The van der Waals surface area contributed by atoms with Crippen LogP contribution in [0.4, 0.5) is 0 Å². The minimum Gasteiger partial charge on any atom is -0.511 e. The fraction of sp³-hybridized carbons (Fsp3) is 0.238. The number of rotatable bonds is 6.